The Morgan fingerprint density at radius 1 is 0.607 bits per heavy atom. The van der Waals surface area contributed by atoms with Gasteiger partial charge >= 0.3 is 0 Å². The third kappa shape index (κ3) is 27.9. The number of aliphatic hydroxyl groups excluding tert-OH is 5. The molecule has 0 spiro atoms. The molecule has 0 bridgehead atoms. The Labute approximate surface area is 342 Å². The molecule has 1 heterocycles. The molecule has 0 aromatic heterocycles. The molecule has 0 aromatic rings. The number of carbonyl (C=O) groups excluding carboxylic acids is 1. The lowest BCUT2D eigenvalue weighted by Crippen LogP contribution is -2.60. The number of ether oxygens (including phenoxy) is 2. The molecule has 1 rings (SSSR count). The molecule has 0 radical (unpaired) electrons. The minimum Gasteiger partial charge on any atom is -0.394 e. The number of aliphatic hydroxyl groups is 5. The van der Waals surface area contributed by atoms with Crippen LogP contribution in [0.5, 0.6) is 0 Å². The first-order chi connectivity index (χ1) is 27.3. The molecular formula is C47H87NO8. The molecule has 7 unspecified atom stereocenters. The van der Waals surface area contributed by atoms with Crippen LogP contribution in [0.4, 0.5) is 0 Å². The van der Waals surface area contributed by atoms with E-state index in [1.807, 2.05) is 6.08 Å². The third-order valence-electron chi connectivity index (χ3n) is 11.0. The van der Waals surface area contributed by atoms with Gasteiger partial charge in [-0.1, -0.05) is 192 Å². The maximum absolute atomic E-state index is 12.9. The summed E-state index contributed by atoms with van der Waals surface area (Å²) in [5, 5.41) is 54.0. The zero-order chi connectivity index (χ0) is 40.9. The topological polar surface area (TPSA) is 149 Å². The van der Waals surface area contributed by atoms with E-state index in [0.29, 0.717) is 6.42 Å². The molecule has 1 amide bonds. The molecule has 6 N–H and O–H groups in total. The summed E-state index contributed by atoms with van der Waals surface area (Å²) in [6, 6.07) is -0.823. The van der Waals surface area contributed by atoms with Gasteiger partial charge in [0.2, 0.25) is 5.91 Å². The average Bonchev–Trinajstić information content (AvgIpc) is 3.20. The minimum atomic E-state index is -1.57. The maximum atomic E-state index is 12.9. The smallest absolute Gasteiger partial charge is 0.220 e. The van der Waals surface area contributed by atoms with Gasteiger partial charge in [-0.2, -0.15) is 0 Å². The number of unbranched alkanes of at least 4 members (excludes halogenated alkanes) is 24. The minimum absolute atomic E-state index is 0.191. The molecule has 7 atom stereocenters. The van der Waals surface area contributed by atoms with Crippen LogP contribution >= 0.6 is 0 Å². The predicted molar refractivity (Wildman–Crippen MR) is 230 cm³/mol. The molecule has 1 aliphatic heterocycles. The summed E-state index contributed by atoms with van der Waals surface area (Å²) in [5.41, 5.74) is 0. The Morgan fingerprint density at radius 3 is 1.48 bits per heavy atom. The van der Waals surface area contributed by atoms with Gasteiger partial charge in [0, 0.05) is 6.42 Å². The van der Waals surface area contributed by atoms with Crippen molar-refractivity contribution in [2.45, 2.75) is 243 Å². The lowest BCUT2D eigenvalue weighted by Gasteiger charge is -2.40. The maximum Gasteiger partial charge on any atom is 0.220 e. The number of amides is 1. The van der Waals surface area contributed by atoms with Crippen LogP contribution in [0.15, 0.2) is 36.5 Å². The van der Waals surface area contributed by atoms with E-state index in [-0.39, 0.29) is 12.5 Å². The number of hydrogen-bond donors (Lipinski definition) is 6. The number of allylic oxidation sites excluding steroid dienone is 5. The quantitative estimate of drug-likeness (QED) is 0.0268. The van der Waals surface area contributed by atoms with Crippen molar-refractivity contribution in [1.29, 1.82) is 0 Å². The summed E-state index contributed by atoms with van der Waals surface area (Å²) >= 11 is 0. The first-order valence-electron chi connectivity index (χ1n) is 23.2. The average molecular weight is 794 g/mol. The van der Waals surface area contributed by atoms with Crippen molar-refractivity contribution in [2.24, 2.45) is 0 Å². The zero-order valence-electron chi connectivity index (χ0n) is 35.9. The molecule has 0 saturated carbocycles. The van der Waals surface area contributed by atoms with E-state index in [1.165, 1.54) is 128 Å². The molecule has 56 heavy (non-hydrogen) atoms. The SMILES string of the molecule is CC/C=C/CC/C=C/CC/C=C/C(O)C(COC1OC(CO)C(O)C(O)C1O)NC(=O)CCCCCCCCCCCCCCCCCCCCCCCCC. The van der Waals surface area contributed by atoms with E-state index in [2.05, 4.69) is 43.5 Å². The van der Waals surface area contributed by atoms with Crippen LogP contribution in [0.25, 0.3) is 0 Å². The Balaban J connectivity index is 2.25. The normalized spacial score (nSPS) is 21.4. The Morgan fingerprint density at radius 2 is 1.04 bits per heavy atom. The molecule has 0 aliphatic carbocycles. The number of nitrogens with one attached hydrogen (secondary N) is 1. The van der Waals surface area contributed by atoms with Gasteiger partial charge in [-0.3, -0.25) is 4.79 Å². The van der Waals surface area contributed by atoms with Crippen molar-refractivity contribution in [3.05, 3.63) is 36.5 Å². The van der Waals surface area contributed by atoms with Crippen molar-refractivity contribution >= 4 is 5.91 Å². The molecule has 9 heteroatoms. The fraction of sp³-hybridized carbons (Fsp3) is 0.851. The number of carbonyl (C=O) groups is 1. The van der Waals surface area contributed by atoms with Crippen LogP contribution in [0.1, 0.15) is 200 Å². The Kier molecular flexibility index (Phi) is 35.3. The number of hydrogen-bond acceptors (Lipinski definition) is 8. The summed E-state index contributed by atoms with van der Waals surface area (Å²) in [4.78, 5) is 12.9. The highest BCUT2D eigenvalue weighted by atomic mass is 16.7. The second-order valence-corrected chi connectivity index (χ2v) is 16.2. The fourth-order valence-corrected chi connectivity index (χ4v) is 7.25. The van der Waals surface area contributed by atoms with Gasteiger partial charge in [0.15, 0.2) is 6.29 Å². The summed E-state index contributed by atoms with van der Waals surface area (Å²) < 4.78 is 11.2. The summed E-state index contributed by atoms with van der Waals surface area (Å²) in [5.74, 6) is -0.191. The summed E-state index contributed by atoms with van der Waals surface area (Å²) in [6.07, 6.45) is 39.3. The zero-order valence-corrected chi connectivity index (χ0v) is 35.9. The van der Waals surface area contributed by atoms with Gasteiger partial charge in [-0.05, 0) is 38.5 Å². The van der Waals surface area contributed by atoms with E-state index in [1.54, 1.807) is 6.08 Å². The second-order valence-electron chi connectivity index (χ2n) is 16.2. The van der Waals surface area contributed by atoms with Crippen molar-refractivity contribution in [2.75, 3.05) is 13.2 Å². The van der Waals surface area contributed by atoms with Crippen LogP contribution in [0.3, 0.4) is 0 Å². The standard InChI is InChI=1S/C47H87NO8/c1-3-5-7-9-11-13-15-16-17-18-19-20-21-22-23-24-25-26-27-29-31-33-35-37-43(51)48-40(39-55-47-46(54)45(53)44(52)42(38-49)56-47)41(50)36-34-32-30-28-14-12-10-8-6-4-2/h6,8,14,28,34,36,40-42,44-47,49-50,52-54H,3-5,7,9-13,15-27,29-33,35,37-39H2,1-2H3,(H,48,51)/b8-6+,28-14+,36-34+. The lowest BCUT2D eigenvalue weighted by atomic mass is 9.99. The van der Waals surface area contributed by atoms with Gasteiger partial charge in [-0.15, -0.1) is 0 Å². The van der Waals surface area contributed by atoms with Crippen molar-refractivity contribution in [3.63, 3.8) is 0 Å². The van der Waals surface area contributed by atoms with Gasteiger partial charge in [0.05, 0.1) is 25.4 Å². The van der Waals surface area contributed by atoms with Crippen LogP contribution in [-0.4, -0.2) is 87.5 Å². The van der Waals surface area contributed by atoms with Crippen LogP contribution in [-0.2, 0) is 14.3 Å². The first kappa shape index (κ1) is 52.4. The van der Waals surface area contributed by atoms with E-state index < -0.39 is 49.5 Å². The lowest BCUT2D eigenvalue weighted by molar-refractivity contribution is -0.302. The van der Waals surface area contributed by atoms with Gasteiger partial charge in [0.1, 0.15) is 24.4 Å². The third-order valence-corrected chi connectivity index (χ3v) is 11.0. The van der Waals surface area contributed by atoms with Crippen molar-refractivity contribution < 1.29 is 39.8 Å². The summed E-state index contributed by atoms with van der Waals surface area (Å²) in [6.45, 7) is 3.63. The molecular weight excluding hydrogens is 707 g/mol. The molecule has 1 aliphatic rings. The van der Waals surface area contributed by atoms with Gasteiger partial charge in [0.25, 0.3) is 0 Å². The molecule has 1 fully saturated rings. The van der Waals surface area contributed by atoms with Crippen molar-refractivity contribution in [3.8, 4) is 0 Å². The highest BCUT2D eigenvalue weighted by Gasteiger charge is 2.44. The molecule has 1 saturated heterocycles. The second kappa shape index (κ2) is 37.7. The van der Waals surface area contributed by atoms with E-state index >= 15 is 0 Å². The fourth-order valence-electron chi connectivity index (χ4n) is 7.25. The van der Waals surface area contributed by atoms with E-state index in [4.69, 9.17) is 9.47 Å². The molecule has 0 aromatic carbocycles. The summed E-state index contributed by atoms with van der Waals surface area (Å²) in [7, 11) is 0. The Bertz CT molecular complexity index is 972. The van der Waals surface area contributed by atoms with Crippen LogP contribution < -0.4 is 5.32 Å². The highest BCUT2D eigenvalue weighted by molar-refractivity contribution is 5.76. The van der Waals surface area contributed by atoms with E-state index in [0.717, 1.165) is 51.4 Å². The van der Waals surface area contributed by atoms with Crippen LogP contribution in [0, 0.1) is 0 Å². The van der Waals surface area contributed by atoms with E-state index in [9.17, 15) is 30.3 Å². The Hall–Kier alpha value is -1.59. The van der Waals surface area contributed by atoms with Gasteiger partial charge in [-0.25, -0.2) is 0 Å². The van der Waals surface area contributed by atoms with Crippen LogP contribution in [0.2, 0.25) is 0 Å². The number of rotatable bonds is 38. The largest absolute Gasteiger partial charge is 0.394 e. The first-order valence-corrected chi connectivity index (χ1v) is 23.2. The van der Waals surface area contributed by atoms with Crippen molar-refractivity contribution in [1.82, 2.24) is 5.32 Å². The molecule has 328 valence electrons. The van der Waals surface area contributed by atoms with Gasteiger partial charge < -0.3 is 40.3 Å². The molecule has 9 nitrogen and oxygen atoms in total. The monoisotopic (exact) mass is 794 g/mol. The predicted octanol–water partition coefficient (Wildman–Crippen LogP) is 9.67. The highest BCUT2D eigenvalue weighted by Crippen LogP contribution is 2.23.